The Labute approximate surface area is 98.1 Å². The summed E-state index contributed by atoms with van der Waals surface area (Å²) in [6, 6.07) is 0.394. The first kappa shape index (κ1) is 12.8. The molecule has 0 bridgehead atoms. The van der Waals surface area contributed by atoms with Crippen LogP contribution in [-0.2, 0) is 4.79 Å². The molecule has 0 aromatic rings. The normalized spacial score (nSPS) is 16.2. The van der Waals surface area contributed by atoms with Crippen molar-refractivity contribution >= 4 is 5.91 Å². The fourth-order valence-corrected chi connectivity index (χ4v) is 1.35. The molecule has 0 aromatic carbocycles. The Balaban J connectivity index is 2.94. The van der Waals surface area contributed by atoms with Gasteiger partial charge in [0.25, 0.3) is 5.91 Å². The Morgan fingerprint density at radius 1 is 1.25 bits per heavy atom. The zero-order valence-corrected chi connectivity index (χ0v) is 10.7. The van der Waals surface area contributed by atoms with Crippen LogP contribution < -0.4 is 5.32 Å². The SMILES string of the molecule is C=C(C)C(C)=C(C=C(C)C)C(=O)NC1CC1. The zero-order chi connectivity index (χ0) is 12.3. The van der Waals surface area contributed by atoms with Crippen LogP contribution in [0.4, 0.5) is 0 Å². The molecule has 1 aliphatic carbocycles. The van der Waals surface area contributed by atoms with Gasteiger partial charge in [0.15, 0.2) is 0 Å². The number of hydrogen-bond donors (Lipinski definition) is 1. The van der Waals surface area contributed by atoms with E-state index in [2.05, 4.69) is 11.9 Å². The average molecular weight is 219 g/mol. The van der Waals surface area contributed by atoms with E-state index < -0.39 is 0 Å². The largest absolute Gasteiger partial charge is 0.349 e. The van der Waals surface area contributed by atoms with Gasteiger partial charge in [-0.2, -0.15) is 0 Å². The van der Waals surface area contributed by atoms with E-state index >= 15 is 0 Å². The van der Waals surface area contributed by atoms with Crippen molar-refractivity contribution < 1.29 is 4.79 Å². The third kappa shape index (κ3) is 3.69. The van der Waals surface area contributed by atoms with Crippen LogP contribution in [0.1, 0.15) is 40.5 Å². The maximum atomic E-state index is 12.0. The highest BCUT2D eigenvalue weighted by Crippen LogP contribution is 2.21. The predicted molar refractivity (Wildman–Crippen MR) is 68.1 cm³/mol. The van der Waals surface area contributed by atoms with Crippen molar-refractivity contribution in [2.75, 3.05) is 0 Å². The van der Waals surface area contributed by atoms with E-state index in [1.165, 1.54) is 0 Å². The van der Waals surface area contributed by atoms with Gasteiger partial charge in [-0.15, -0.1) is 0 Å². The minimum atomic E-state index is 0.0317. The minimum Gasteiger partial charge on any atom is -0.349 e. The van der Waals surface area contributed by atoms with E-state index in [4.69, 9.17) is 0 Å². The van der Waals surface area contributed by atoms with Crippen LogP contribution in [0.2, 0.25) is 0 Å². The van der Waals surface area contributed by atoms with Crippen LogP contribution in [0.3, 0.4) is 0 Å². The molecule has 0 saturated heterocycles. The Bertz CT molecular complexity index is 366. The smallest absolute Gasteiger partial charge is 0.251 e. The summed E-state index contributed by atoms with van der Waals surface area (Å²) in [5.74, 6) is 0.0317. The van der Waals surface area contributed by atoms with Crippen molar-refractivity contribution in [2.24, 2.45) is 0 Å². The fraction of sp³-hybridized carbons (Fsp3) is 0.500. The summed E-state index contributed by atoms with van der Waals surface area (Å²) in [4.78, 5) is 12.0. The molecule has 0 radical (unpaired) electrons. The van der Waals surface area contributed by atoms with Gasteiger partial charge in [-0.25, -0.2) is 0 Å². The number of carbonyl (C=O) groups excluding carboxylic acids is 1. The van der Waals surface area contributed by atoms with Crippen molar-refractivity contribution in [1.29, 1.82) is 0 Å². The molecule has 0 aliphatic heterocycles. The molecule has 1 rings (SSSR count). The number of nitrogens with one attached hydrogen (secondary N) is 1. The molecular weight excluding hydrogens is 198 g/mol. The predicted octanol–water partition coefficient (Wildman–Crippen LogP) is 3.12. The van der Waals surface area contributed by atoms with E-state index in [0.29, 0.717) is 6.04 Å². The molecule has 2 heteroatoms. The molecule has 1 fully saturated rings. The van der Waals surface area contributed by atoms with Gasteiger partial charge in [-0.05, 0) is 46.1 Å². The fourth-order valence-electron chi connectivity index (χ4n) is 1.35. The summed E-state index contributed by atoms with van der Waals surface area (Å²) >= 11 is 0. The quantitative estimate of drug-likeness (QED) is 0.571. The molecule has 1 amide bonds. The molecule has 1 aliphatic rings. The molecule has 2 nitrogen and oxygen atoms in total. The lowest BCUT2D eigenvalue weighted by molar-refractivity contribution is -0.117. The van der Waals surface area contributed by atoms with Crippen molar-refractivity contribution in [3.8, 4) is 0 Å². The molecule has 0 atom stereocenters. The standard InChI is InChI=1S/C14H21NO/c1-9(2)8-13(11(5)10(3)4)14(16)15-12-6-7-12/h8,12H,3,6-7H2,1-2,4-5H3,(H,15,16). The Kier molecular flexibility index (Phi) is 4.11. The van der Waals surface area contributed by atoms with Gasteiger partial charge in [-0.1, -0.05) is 23.8 Å². The lowest BCUT2D eigenvalue weighted by Gasteiger charge is -2.09. The lowest BCUT2D eigenvalue weighted by atomic mass is 10.0. The van der Waals surface area contributed by atoms with Gasteiger partial charge in [0.1, 0.15) is 0 Å². The number of rotatable bonds is 4. The highest BCUT2D eigenvalue weighted by molar-refractivity contribution is 5.98. The lowest BCUT2D eigenvalue weighted by Crippen LogP contribution is -2.27. The maximum Gasteiger partial charge on any atom is 0.251 e. The van der Waals surface area contributed by atoms with Crippen LogP contribution in [0.25, 0.3) is 0 Å². The van der Waals surface area contributed by atoms with E-state index in [-0.39, 0.29) is 5.91 Å². The van der Waals surface area contributed by atoms with Crippen LogP contribution >= 0.6 is 0 Å². The summed E-state index contributed by atoms with van der Waals surface area (Å²) < 4.78 is 0. The van der Waals surface area contributed by atoms with E-state index in [1.54, 1.807) is 0 Å². The van der Waals surface area contributed by atoms with E-state index in [1.807, 2.05) is 33.8 Å². The molecule has 0 spiro atoms. The monoisotopic (exact) mass is 219 g/mol. The Morgan fingerprint density at radius 3 is 2.19 bits per heavy atom. The van der Waals surface area contributed by atoms with Gasteiger partial charge in [0.05, 0.1) is 0 Å². The summed E-state index contributed by atoms with van der Waals surface area (Å²) in [7, 11) is 0. The number of allylic oxidation sites excluding steroid dienone is 3. The van der Waals surface area contributed by atoms with Crippen LogP contribution in [0, 0.1) is 0 Å². The first-order valence-electron chi connectivity index (χ1n) is 5.74. The second-order valence-corrected chi connectivity index (χ2v) is 4.79. The highest BCUT2D eigenvalue weighted by atomic mass is 16.1. The molecule has 1 saturated carbocycles. The van der Waals surface area contributed by atoms with Gasteiger partial charge in [0.2, 0.25) is 0 Å². The molecule has 88 valence electrons. The number of hydrogen-bond acceptors (Lipinski definition) is 1. The topological polar surface area (TPSA) is 29.1 Å². The van der Waals surface area contributed by atoms with Crippen LogP contribution in [-0.4, -0.2) is 11.9 Å². The first-order chi connectivity index (χ1) is 7.41. The highest BCUT2D eigenvalue weighted by Gasteiger charge is 2.24. The third-order valence-corrected chi connectivity index (χ3v) is 2.63. The maximum absolute atomic E-state index is 12.0. The van der Waals surface area contributed by atoms with Crippen LogP contribution in [0.15, 0.2) is 34.9 Å². The average Bonchev–Trinajstić information content (AvgIpc) is 2.96. The first-order valence-corrected chi connectivity index (χ1v) is 5.74. The van der Waals surface area contributed by atoms with Gasteiger partial charge in [0, 0.05) is 11.6 Å². The second-order valence-electron chi connectivity index (χ2n) is 4.79. The minimum absolute atomic E-state index is 0.0317. The Hall–Kier alpha value is -1.31. The van der Waals surface area contributed by atoms with E-state index in [0.717, 1.165) is 35.1 Å². The molecule has 16 heavy (non-hydrogen) atoms. The van der Waals surface area contributed by atoms with Crippen molar-refractivity contribution in [3.63, 3.8) is 0 Å². The molecular formula is C14H21NO. The van der Waals surface area contributed by atoms with Gasteiger partial charge in [-0.3, -0.25) is 4.79 Å². The zero-order valence-electron chi connectivity index (χ0n) is 10.7. The molecule has 0 aromatic heterocycles. The molecule has 1 N–H and O–H groups in total. The second kappa shape index (κ2) is 5.15. The molecule has 0 unspecified atom stereocenters. The van der Waals surface area contributed by atoms with Gasteiger partial charge < -0.3 is 5.32 Å². The Morgan fingerprint density at radius 2 is 1.81 bits per heavy atom. The van der Waals surface area contributed by atoms with Gasteiger partial charge >= 0.3 is 0 Å². The summed E-state index contributed by atoms with van der Waals surface area (Å²) in [6.45, 7) is 11.8. The summed E-state index contributed by atoms with van der Waals surface area (Å²) in [5, 5.41) is 3.01. The van der Waals surface area contributed by atoms with E-state index in [9.17, 15) is 4.79 Å². The number of amides is 1. The number of carbonyl (C=O) groups is 1. The van der Waals surface area contributed by atoms with Crippen molar-refractivity contribution in [1.82, 2.24) is 5.32 Å². The van der Waals surface area contributed by atoms with Crippen molar-refractivity contribution in [3.05, 3.63) is 34.9 Å². The van der Waals surface area contributed by atoms with Crippen molar-refractivity contribution in [2.45, 2.75) is 46.6 Å². The molecule has 0 heterocycles. The summed E-state index contributed by atoms with van der Waals surface area (Å²) in [6.07, 6.45) is 4.15. The summed E-state index contributed by atoms with van der Waals surface area (Å²) in [5.41, 5.74) is 3.79. The van der Waals surface area contributed by atoms with Crippen LogP contribution in [0.5, 0.6) is 0 Å². The third-order valence-electron chi connectivity index (χ3n) is 2.63.